The largest absolute Gasteiger partial charge is 0.488 e. The first kappa shape index (κ1) is 21.6. The molecule has 0 aromatic heterocycles. The molecule has 162 valence electrons. The van der Waals surface area contributed by atoms with Crippen molar-refractivity contribution in [3.8, 4) is 11.1 Å². The van der Waals surface area contributed by atoms with Gasteiger partial charge in [0.05, 0.1) is 5.56 Å². The Hall–Kier alpha value is -3.62. The molecule has 1 amide bonds. The number of nitrogens with zero attached hydrogens (tertiary/aromatic N) is 1. The van der Waals surface area contributed by atoms with Crippen LogP contribution >= 0.6 is 0 Å². The molecule has 0 aliphatic heterocycles. The van der Waals surface area contributed by atoms with Crippen molar-refractivity contribution in [3.05, 3.63) is 82.9 Å². The molecule has 4 rings (SSSR count). The molecule has 0 radical (unpaired) electrons. The predicted molar refractivity (Wildman–Crippen MR) is 121 cm³/mol. The van der Waals surface area contributed by atoms with E-state index in [-0.39, 0.29) is 34.8 Å². The Balaban J connectivity index is 1.58. The third kappa shape index (κ3) is 3.74. The van der Waals surface area contributed by atoms with Crippen LogP contribution in [0.25, 0.3) is 11.1 Å². The summed E-state index contributed by atoms with van der Waals surface area (Å²) in [5.74, 6) is -1.34. The second-order valence-corrected chi connectivity index (χ2v) is 7.75. The first-order valence-corrected chi connectivity index (χ1v) is 10.1. The molecular formula is C24H22BNO6. The molecule has 7 nitrogen and oxygen atoms in total. The average Bonchev–Trinajstić information content (AvgIpc) is 3.10. The Labute approximate surface area is 185 Å². The van der Waals surface area contributed by atoms with Gasteiger partial charge in [0.15, 0.2) is 0 Å². The van der Waals surface area contributed by atoms with E-state index >= 15 is 0 Å². The number of amides is 1. The summed E-state index contributed by atoms with van der Waals surface area (Å²) in [6.07, 6.45) is -0.676. The molecule has 3 N–H and O–H groups in total. The fourth-order valence-electron chi connectivity index (χ4n) is 4.20. The number of anilines is 1. The summed E-state index contributed by atoms with van der Waals surface area (Å²) in [4.78, 5) is 25.5. The number of hydrogen-bond donors (Lipinski definition) is 3. The van der Waals surface area contributed by atoms with Crippen LogP contribution in [0, 0.1) is 6.92 Å². The van der Waals surface area contributed by atoms with Crippen LogP contribution in [0.15, 0.2) is 60.7 Å². The van der Waals surface area contributed by atoms with Gasteiger partial charge < -0.3 is 19.9 Å². The number of carboxylic acid groups (broad SMARTS) is 1. The Morgan fingerprint density at radius 2 is 1.56 bits per heavy atom. The molecule has 0 fully saturated rings. The SMILES string of the molecule is Cc1c(B(O)O)cc(N(C)C(=O)OCC2c3ccccc3-c3ccccc32)cc1C(=O)O. The van der Waals surface area contributed by atoms with Crippen LogP contribution < -0.4 is 10.4 Å². The van der Waals surface area contributed by atoms with Crippen molar-refractivity contribution in [1.29, 1.82) is 0 Å². The number of carbonyl (C=O) groups is 2. The third-order valence-electron chi connectivity index (χ3n) is 5.94. The van der Waals surface area contributed by atoms with Crippen LogP contribution in [0.1, 0.15) is 33.0 Å². The fourth-order valence-corrected chi connectivity index (χ4v) is 4.20. The molecule has 0 atom stereocenters. The quantitative estimate of drug-likeness (QED) is 0.537. The Morgan fingerprint density at radius 1 is 1.00 bits per heavy atom. The smallest absolute Gasteiger partial charge is 0.478 e. The lowest BCUT2D eigenvalue weighted by Gasteiger charge is -2.21. The maximum Gasteiger partial charge on any atom is 0.488 e. The van der Waals surface area contributed by atoms with Gasteiger partial charge in [0.25, 0.3) is 0 Å². The topological polar surface area (TPSA) is 107 Å². The van der Waals surface area contributed by atoms with E-state index in [4.69, 9.17) is 4.74 Å². The summed E-state index contributed by atoms with van der Waals surface area (Å²) < 4.78 is 5.60. The van der Waals surface area contributed by atoms with E-state index in [9.17, 15) is 24.7 Å². The van der Waals surface area contributed by atoms with Gasteiger partial charge in [0, 0.05) is 18.7 Å². The summed E-state index contributed by atoms with van der Waals surface area (Å²) in [5.41, 5.74) is 4.69. The summed E-state index contributed by atoms with van der Waals surface area (Å²) >= 11 is 0. The van der Waals surface area contributed by atoms with Gasteiger partial charge in [-0.25, -0.2) is 9.59 Å². The molecule has 1 aliphatic rings. The number of carboxylic acids is 1. The zero-order valence-corrected chi connectivity index (χ0v) is 17.6. The molecule has 0 heterocycles. The second-order valence-electron chi connectivity index (χ2n) is 7.75. The minimum Gasteiger partial charge on any atom is -0.478 e. The van der Waals surface area contributed by atoms with E-state index in [1.54, 1.807) is 0 Å². The first-order valence-electron chi connectivity index (χ1n) is 10.1. The summed E-state index contributed by atoms with van der Waals surface area (Å²) in [6.45, 7) is 1.60. The molecular weight excluding hydrogens is 409 g/mol. The monoisotopic (exact) mass is 431 g/mol. The van der Waals surface area contributed by atoms with Gasteiger partial charge in [0.1, 0.15) is 6.61 Å². The molecule has 0 saturated heterocycles. The summed E-state index contributed by atoms with van der Waals surface area (Å²) in [7, 11) is -0.424. The van der Waals surface area contributed by atoms with Gasteiger partial charge in [0.2, 0.25) is 0 Å². The second kappa shape index (κ2) is 8.49. The van der Waals surface area contributed by atoms with Crippen molar-refractivity contribution in [2.24, 2.45) is 0 Å². The van der Waals surface area contributed by atoms with Gasteiger partial charge in [-0.05, 0) is 52.3 Å². The molecule has 0 bridgehead atoms. The van der Waals surface area contributed by atoms with Gasteiger partial charge >= 0.3 is 19.2 Å². The number of rotatable bonds is 5. The standard InChI is InChI=1S/C24H22BNO6/c1-14-20(23(27)28)11-15(12-22(14)25(30)31)26(2)24(29)32-13-21-18-9-5-3-7-16(18)17-8-4-6-10-19(17)21/h3-12,21,30-31H,13H2,1-2H3,(H,27,28). The van der Waals surface area contributed by atoms with Crippen LogP contribution in [-0.2, 0) is 4.74 Å². The number of carbonyl (C=O) groups excluding carboxylic acids is 1. The van der Waals surface area contributed by atoms with Crippen molar-refractivity contribution in [2.75, 3.05) is 18.6 Å². The first-order chi connectivity index (χ1) is 15.3. The molecule has 32 heavy (non-hydrogen) atoms. The van der Waals surface area contributed by atoms with E-state index < -0.39 is 19.2 Å². The third-order valence-corrected chi connectivity index (χ3v) is 5.94. The van der Waals surface area contributed by atoms with E-state index in [0.29, 0.717) is 0 Å². The van der Waals surface area contributed by atoms with Crippen molar-refractivity contribution in [1.82, 2.24) is 0 Å². The predicted octanol–water partition coefficient (Wildman–Crippen LogP) is 2.76. The highest BCUT2D eigenvalue weighted by Gasteiger charge is 2.30. The van der Waals surface area contributed by atoms with Crippen LogP contribution in [0.5, 0.6) is 0 Å². The Bertz CT molecular complexity index is 1160. The highest BCUT2D eigenvalue weighted by molar-refractivity contribution is 6.59. The molecule has 0 saturated carbocycles. The van der Waals surface area contributed by atoms with E-state index in [2.05, 4.69) is 0 Å². The van der Waals surface area contributed by atoms with E-state index in [1.807, 2.05) is 48.5 Å². The zero-order chi connectivity index (χ0) is 23.0. The van der Waals surface area contributed by atoms with Crippen molar-refractivity contribution < 1.29 is 29.5 Å². The fraction of sp³-hybridized carbons (Fsp3) is 0.167. The Kier molecular flexibility index (Phi) is 5.73. The lowest BCUT2D eigenvalue weighted by Crippen LogP contribution is -2.36. The number of benzene rings is 3. The van der Waals surface area contributed by atoms with E-state index in [1.165, 1.54) is 26.1 Å². The lowest BCUT2D eigenvalue weighted by molar-refractivity contribution is 0.0696. The highest BCUT2D eigenvalue weighted by Crippen LogP contribution is 2.44. The molecule has 3 aromatic carbocycles. The highest BCUT2D eigenvalue weighted by atomic mass is 16.6. The number of fused-ring (bicyclic) bond motifs is 3. The lowest BCUT2D eigenvalue weighted by atomic mass is 9.75. The van der Waals surface area contributed by atoms with E-state index in [0.717, 1.165) is 27.2 Å². The molecule has 1 aliphatic carbocycles. The minimum absolute atomic E-state index is 0.0122. The summed E-state index contributed by atoms with van der Waals surface area (Å²) in [5, 5.41) is 28.7. The molecule has 8 heteroatoms. The van der Waals surface area contributed by atoms with Crippen LogP contribution in [0.3, 0.4) is 0 Å². The van der Waals surface area contributed by atoms with Gasteiger partial charge in [-0.2, -0.15) is 0 Å². The van der Waals surface area contributed by atoms with Crippen LogP contribution in [0.4, 0.5) is 10.5 Å². The molecule has 0 spiro atoms. The maximum absolute atomic E-state index is 12.8. The number of hydrogen-bond acceptors (Lipinski definition) is 5. The number of ether oxygens (including phenoxy) is 1. The van der Waals surface area contributed by atoms with Crippen molar-refractivity contribution >= 4 is 30.3 Å². The van der Waals surface area contributed by atoms with Crippen LogP contribution in [-0.4, -0.2) is 48.0 Å². The number of aromatic carboxylic acids is 1. The Morgan fingerprint density at radius 3 is 2.09 bits per heavy atom. The molecule has 0 unspecified atom stereocenters. The zero-order valence-electron chi connectivity index (χ0n) is 17.6. The van der Waals surface area contributed by atoms with Crippen molar-refractivity contribution in [3.63, 3.8) is 0 Å². The normalized spacial score (nSPS) is 12.1. The maximum atomic E-state index is 12.8. The van der Waals surface area contributed by atoms with Gasteiger partial charge in [-0.1, -0.05) is 48.5 Å². The molecule has 3 aromatic rings. The summed E-state index contributed by atoms with van der Waals surface area (Å²) in [6, 6.07) is 18.7. The van der Waals surface area contributed by atoms with Gasteiger partial charge in [-0.15, -0.1) is 0 Å². The minimum atomic E-state index is -1.87. The van der Waals surface area contributed by atoms with Crippen molar-refractivity contribution in [2.45, 2.75) is 12.8 Å². The van der Waals surface area contributed by atoms with Crippen LogP contribution in [0.2, 0.25) is 0 Å². The average molecular weight is 431 g/mol. The van der Waals surface area contributed by atoms with Gasteiger partial charge in [-0.3, -0.25) is 4.90 Å².